The molecule has 2 heterocycles. The molecule has 148 valence electrons. The number of rotatable bonds is 6. The average Bonchev–Trinajstić information content (AvgIpc) is 3.36. The SMILES string of the molecule is CCCc1c(-c2cc3ccc(N(C)C(=O)c4ccccc4)cc3[nH]2)n[nH]c1CC. The van der Waals surface area contributed by atoms with Crippen molar-refractivity contribution in [3.63, 3.8) is 0 Å². The number of nitrogens with zero attached hydrogens (tertiary/aromatic N) is 2. The molecule has 0 aliphatic heterocycles. The number of anilines is 1. The molecule has 0 radical (unpaired) electrons. The van der Waals surface area contributed by atoms with Crippen molar-refractivity contribution >= 4 is 22.5 Å². The number of nitrogens with one attached hydrogen (secondary N) is 2. The zero-order valence-corrected chi connectivity index (χ0v) is 17.1. The molecule has 0 aliphatic carbocycles. The third kappa shape index (κ3) is 3.56. The highest BCUT2D eigenvalue weighted by Gasteiger charge is 2.17. The number of carbonyl (C=O) groups excluding carboxylic acids is 1. The summed E-state index contributed by atoms with van der Waals surface area (Å²) in [5, 5.41) is 8.87. The minimum absolute atomic E-state index is 0.0261. The molecular formula is C24H26N4O. The van der Waals surface area contributed by atoms with E-state index in [1.807, 2.05) is 48.5 Å². The lowest BCUT2D eigenvalue weighted by molar-refractivity contribution is 0.0993. The Kier molecular flexibility index (Phi) is 5.21. The third-order valence-electron chi connectivity index (χ3n) is 5.38. The normalized spacial score (nSPS) is 11.1. The van der Waals surface area contributed by atoms with Gasteiger partial charge in [0, 0.05) is 40.5 Å². The summed E-state index contributed by atoms with van der Waals surface area (Å²) in [6, 6.07) is 17.5. The first-order valence-electron chi connectivity index (χ1n) is 10.1. The fourth-order valence-electron chi connectivity index (χ4n) is 3.78. The van der Waals surface area contributed by atoms with Crippen LogP contribution in [-0.4, -0.2) is 28.1 Å². The van der Waals surface area contributed by atoms with Gasteiger partial charge in [-0.3, -0.25) is 9.89 Å². The second kappa shape index (κ2) is 7.95. The molecule has 0 saturated carbocycles. The van der Waals surface area contributed by atoms with Crippen molar-refractivity contribution < 1.29 is 4.79 Å². The van der Waals surface area contributed by atoms with E-state index in [0.29, 0.717) is 5.56 Å². The van der Waals surface area contributed by atoms with Crippen LogP contribution in [0, 0.1) is 0 Å². The smallest absolute Gasteiger partial charge is 0.258 e. The van der Waals surface area contributed by atoms with Crippen LogP contribution in [0.3, 0.4) is 0 Å². The summed E-state index contributed by atoms with van der Waals surface area (Å²) in [4.78, 5) is 17.9. The van der Waals surface area contributed by atoms with Gasteiger partial charge in [-0.2, -0.15) is 5.10 Å². The number of benzene rings is 2. The highest BCUT2D eigenvalue weighted by atomic mass is 16.2. The van der Waals surface area contributed by atoms with E-state index in [4.69, 9.17) is 0 Å². The molecule has 2 aromatic heterocycles. The maximum absolute atomic E-state index is 12.8. The highest BCUT2D eigenvalue weighted by Crippen LogP contribution is 2.30. The van der Waals surface area contributed by atoms with Gasteiger partial charge in [0.25, 0.3) is 5.91 Å². The first-order valence-corrected chi connectivity index (χ1v) is 10.1. The molecule has 5 heteroatoms. The number of aromatic nitrogens is 3. The van der Waals surface area contributed by atoms with Gasteiger partial charge in [-0.25, -0.2) is 0 Å². The summed E-state index contributed by atoms with van der Waals surface area (Å²) in [6.07, 6.45) is 3.03. The van der Waals surface area contributed by atoms with Crippen LogP contribution >= 0.6 is 0 Å². The van der Waals surface area contributed by atoms with Crippen LogP contribution in [0.2, 0.25) is 0 Å². The van der Waals surface area contributed by atoms with E-state index >= 15 is 0 Å². The second-order valence-corrected chi connectivity index (χ2v) is 7.32. The summed E-state index contributed by atoms with van der Waals surface area (Å²) in [7, 11) is 1.81. The van der Waals surface area contributed by atoms with Crippen molar-refractivity contribution in [1.82, 2.24) is 15.2 Å². The van der Waals surface area contributed by atoms with Gasteiger partial charge in [0.1, 0.15) is 5.69 Å². The Morgan fingerprint density at radius 3 is 2.59 bits per heavy atom. The largest absolute Gasteiger partial charge is 0.353 e. The number of aryl methyl sites for hydroxylation is 1. The molecule has 0 atom stereocenters. The Bertz CT molecular complexity index is 1140. The Balaban J connectivity index is 1.68. The number of fused-ring (bicyclic) bond motifs is 1. The summed E-state index contributed by atoms with van der Waals surface area (Å²) in [5.74, 6) is -0.0261. The molecule has 0 unspecified atom stereocenters. The maximum Gasteiger partial charge on any atom is 0.258 e. The molecule has 0 aliphatic rings. The summed E-state index contributed by atoms with van der Waals surface area (Å²) >= 11 is 0. The van der Waals surface area contributed by atoms with Gasteiger partial charge in [-0.15, -0.1) is 0 Å². The molecule has 1 amide bonds. The van der Waals surface area contributed by atoms with Crippen molar-refractivity contribution in [2.75, 3.05) is 11.9 Å². The van der Waals surface area contributed by atoms with Crippen LogP contribution in [0.25, 0.3) is 22.3 Å². The zero-order valence-electron chi connectivity index (χ0n) is 17.1. The molecule has 0 saturated heterocycles. The zero-order chi connectivity index (χ0) is 20.4. The number of amides is 1. The minimum Gasteiger partial charge on any atom is -0.353 e. The summed E-state index contributed by atoms with van der Waals surface area (Å²) in [6.45, 7) is 4.33. The van der Waals surface area contributed by atoms with Gasteiger partial charge < -0.3 is 9.88 Å². The van der Waals surface area contributed by atoms with E-state index in [1.54, 1.807) is 11.9 Å². The topological polar surface area (TPSA) is 64.8 Å². The predicted molar refractivity (Wildman–Crippen MR) is 118 cm³/mol. The maximum atomic E-state index is 12.8. The van der Waals surface area contributed by atoms with Gasteiger partial charge in [0.2, 0.25) is 0 Å². The van der Waals surface area contributed by atoms with E-state index < -0.39 is 0 Å². The molecule has 0 spiro atoms. The molecular weight excluding hydrogens is 360 g/mol. The lowest BCUT2D eigenvalue weighted by Crippen LogP contribution is -2.26. The molecule has 4 aromatic rings. The van der Waals surface area contributed by atoms with Crippen molar-refractivity contribution in [2.24, 2.45) is 0 Å². The number of carbonyl (C=O) groups is 1. The van der Waals surface area contributed by atoms with E-state index in [9.17, 15) is 4.79 Å². The van der Waals surface area contributed by atoms with Crippen LogP contribution in [0.15, 0.2) is 54.6 Å². The quantitative estimate of drug-likeness (QED) is 0.469. The number of hydrogen-bond acceptors (Lipinski definition) is 2. The van der Waals surface area contributed by atoms with Crippen molar-refractivity contribution in [3.05, 3.63) is 71.4 Å². The van der Waals surface area contributed by atoms with E-state index in [0.717, 1.165) is 47.2 Å². The van der Waals surface area contributed by atoms with Gasteiger partial charge >= 0.3 is 0 Å². The number of H-pyrrole nitrogens is 2. The van der Waals surface area contributed by atoms with E-state index in [-0.39, 0.29) is 5.91 Å². The highest BCUT2D eigenvalue weighted by molar-refractivity contribution is 6.06. The molecule has 0 fully saturated rings. The first kappa shape index (κ1) is 19.0. The Hall–Kier alpha value is -3.34. The first-order chi connectivity index (χ1) is 14.1. The molecule has 4 rings (SSSR count). The summed E-state index contributed by atoms with van der Waals surface area (Å²) < 4.78 is 0. The second-order valence-electron chi connectivity index (χ2n) is 7.32. The van der Waals surface area contributed by atoms with Crippen molar-refractivity contribution in [1.29, 1.82) is 0 Å². The molecule has 5 nitrogen and oxygen atoms in total. The molecule has 2 aromatic carbocycles. The van der Waals surface area contributed by atoms with Crippen LogP contribution in [0.1, 0.15) is 41.9 Å². The van der Waals surface area contributed by atoms with Gasteiger partial charge in [0.15, 0.2) is 0 Å². The van der Waals surface area contributed by atoms with Gasteiger partial charge in [-0.05, 0) is 43.2 Å². The summed E-state index contributed by atoms with van der Waals surface area (Å²) in [5.41, 5.74) is 7.02. The van der Waals surface area contributed by atoms with Crippen LogP contribution < -0.4 is 4.90 Å². The number of aromatic amines is 2. The van der Waals surface area contributed by atoms with Crippen LogP contribution in [0.5, 0.6) is 0 Å². The predicted octanol–water partition coefficient (Wildman–Crippen LogP) is 5.35. The fraction of sp³-hybridized carbons (Fsp3) is 0.250. The fourth-order valence-corrected chi connectivity index (χ4v) is 3.78. The molecule has 0 bridgehead atoms. The monoisotopic (exact) mass is 386 g/mol. The van der Waals surface area contributed by atoms with Crippen LogP contribution in [-0.2, 0) is 12.8 Å². The van der Waals surface area contributed by atoms with E-state index in [2.05, 4.69) is 35.1 Å². The third-order valence-corrected chi connectivity index (χ3v) is 5.38. The Morgan fingerprint density at radius 1 is 1.07 bits per heavy atom. The van der Waals surface area contributed by atoms with Crippen LogP contribution in [0.4, 0.5) is 5.69 Å². The Morgan fingerprint density at radius 2 is 1.86 bits per heavy atom. The standard InChI is InChI=1S/C24H26N4O/c1-4-9-19-20(5-2)26-27-23(19)22-14-17-12-13-18(15-21(17)25-22)28(3)24(29)16-10-7-6-8-11-16/h6-8,10-15,25H,4-5,9H2,1-3H3,(H,26,27). The molecule has 29 heavy (non-hydrogen) atoms. The lowest BCUT2D eigenvalue weighted by Gasteiger charge is -2.17. The van der Waals surface area contributed by atoms with E-state index in [1.165, 1.54) is 11.3 Å². The minimum atomic E-state index is -0.0261. The Labute approximate surface area is 170 Å². The van der Waals surface area contributed by atoms with Crippen molar-refractivity contribution in [3.8, 4) is 11.4 Å². The number of hydrogen-bond donors (Lipinski definition) is 2. The lowest BCUT2D eigenvalue weighted by atomic mass is 10.0. The van der Waals surface area contributed by atoms with Gasteiger partial charge in [0.05, 0.1) is 5.69 Å². The molecule has 2 N–H and O–H groups in total. The van der Waals surface area contributed by atoms with Crippen molar-refractivity contribution in [2.45, 2.75) is 33.1 Å². The van der Waals surface area contributed by atoms with Gasteiger partial charge in [-0.1, -0.05) is 44.5 Å². The average molecular weight is 386 g/mol.